The molecule has 1 amide bonds. The Labute approximate surface area is 166 Å². The highest BCUT2D eigenvalue weighted by molar-refractivity contribution is 7.18. The van der Waals surface area contributed by atoms with Gasteiger partial charge in [-0.15, -0.1) is 11.3 Å². The van der Waals surface area contributed by atoms with Crippen molar-refractivity contribution in [3.05, 3.63) is 51.6 Å². The first kappa shape index (κ1) is 19.8. The molecule has 146 valence electrons. The Kier molecular flexibility index (Phi) is 5.65. The molecule has 2 aromatic heterocycles. The number of carbonyl (C=O) groups is 3. The number of fused-ring (bicyclic) bond motifs is 1. The summed E-state index contributed by atoms with van der Waals surface area (Å²) in [6, 6.07) is 5.78. The van der Waals surface area contributed by atoms with E-state index in [2.05, 4.69) is 5.32 Å². The van der Waals surface area contributed by atoms with Crippen molar-refractivity contribution in [2.24, 2.45) is 0 Å². The molecule has 0 saturated heterocycles. The van der Waals surface area contributed by atoms with Crippen molar-refractivity contribution in [3.8, 4) is 0 Å². The van der Waals surface area contributed by atoms with Gasteiger partial charge in [0, 0.05) is 10.9 Å². The highest BCUT2D eigenvalue weighted by atomic mass is 32.1. The maximum Gasteiger partial charge on any atom is 0.341 e. The fraction of sp³-hybridized carbons (Fsp3) is 0.286. The van der Waals surface area contributed by atoms with E-state index in [1.165, 1.54) is 6.92 Å². The van der Waals surface area contributed by atoms with Crippen LogP contribution in [0.2, 0.25) is 0 Å². The average molecular weight is 399 g/mol. The summed E-state index contributed by atoms with van der Waals surface area (Å²) in [4.78, 5) is 37.3. The molecular weight excluding hydrogens is 378 g/mol. The molecule has 2 heterocycles. The molecule has 0 spiro atoms. The molecule has 0 aliphatic rings. The normalized spacial score (nSPS) is 10.9. The second-order valence-electron chi connectivity index (χ2n) is 6.52. The van der Waals surface area contributed by atoms with Gasteiger partial charge in [-0.2, -0.15) is 0 Å². The number of anilines is 1. The first-order chi connectivity index (χ1) is 13.3. The van der Waals surface area contributed by atoms with Crippen LogP contribution in [0.25, 0.3) is 11.0 Å². The topological polar surface area (TPSA) is 85.6 Å². The number of esters is 1. The maximum absolute atomic E-state index is 12.6. The van der Waals surface area contributed by atoms with Gasteiger partial charge in [-0.1, -0.05) is 11.6 Å². The number of hydrogen-bond acceptors (Lipinski definition) is 6. The molecule has 0 saturated carbocycles. The van der Waals surface area contributed by atoms with Gasteiger partial charge in [0.1, 0.15) is 10.6 Å². The highest BCUT2D eigenvalue weighted by Crippen LogP contribution is 2.34. The Hall–Kier alpha value is -2.93. The average Bonchev–Trinajstić information content (AvgIpc) is 3.16. The minimum atomic E-state index is -0.552. The Morgan fingerprint density at radius 3 is 2.64 bits per heavy atom. The van der Waals surface area contributed by atoms with Gasteiger partial charge in [0.05, 0.1) is 29.7 Å². The van der Waals surface area contributed by atoms with Crippen LogP contribution in [-0.4, -0.2) is 24.3 Å². The van der Waals surface area contributed by atoms with E-state index in [4.69, 9.17) is 9.15 Å². The lowest BCUT2D eigenvalue weighted by atomic mass is 10.1. The number of nitrogens with one attached hydrogen (secondary N) is 1. The van der Waals surface area contributed by atoms with Crippen LogP contribution in [0.5, 0.6) is 0 Å². The Morgan fingerprint density at radius 2 is 1.96 bits per heavy atom. The van der Waals surface area contributed by atoms with E-state index < -0.39 is 5.97 Å². The molecule has 0 fully saturated rings. The van der Waals surface area contributed by atoms with Crippen LogP contribution in [0.3, 0.4) is 0 Å². The molecule has 0 aliphatic heterocycles. The lowest BCUT2D eigenvalue weighted by Gasteiger charge is -2.07. The SMILES string of the molecule is CCOC(=O)c1c(NC(=O)Cc2coc3ccc(C)cc23)sc(C(C)=O)c1C. The third kappa shape index (κ3) is 3.84. The zero-order valence-corrected chi connectivity index (χ0v) is 17.0. The van der Waals surface area contributed by atoms with Gasteiger partial charge in [0.15, 0.2) is 5.78 Å². The second-order valence-corrected chi connectivity index (χ2v) is 7.54. The summed E-state index contributed by atoms with van der Waals surface area (Å²) in [6.45, 7) is 6.99. The van der Waals surface area contributed by atoms with Gasteiger partial charge in [0.25, 0.3) is 0 Å². The van der Waals surface area contributed by atoms with Crippen molar-refractivity contribution in [2.75, 3.05) is 11.9 Å². The highest BCUT2D eigenvalue weighted by Gasteiger charge is 2.25. The smallest absolute Gasteiger partial charge is 0.341 e. The molecule has 0 atom stereocenters. The van der Waals surface area contributed by atoms with E-state index >= 15 is 0 Å². The van der Waals surface area contributed by atoms with E-state index in [9.17, 15) is 14.4 Å². The van der Waals surface area contributed by atoms with Crippen molar-refractivity contribution in [1.29, 1.82) is 0 Å². The van der Waals surface area contributed by atoms with Crippen LogP contribution in [0, 0.1) is 13.8 Å². The number of Topliss-reactive ketones (excluding diaryl/α,β-unsaturated/α-hetero) is 1. The number of carbonyl (C=O) groups excluding carboxylic acids is 3. The fourth-order valence-corrected chi connectivity index (χ4v) is 4.17. The number of ether oxygens (including phenoxy) is 1. The second kappa shape index (κ2) is 7.98. The summed E-state index contributed by atoms with van der Waals surface area (Å²) in [5.74, 6) is -1.01. The zero-order valence-electron chi connectivity index (χ0n) is 16.2. The van der Waals surface area contributed by atoms with Gasteiger partial charge in [-0.3, -0.25) is 9.59 Å². The number of furan rings is 1. The standard InChI is InChI=1S/C21H21NO5S/c1-5-26-21(25)18-12(3)19(13(4)23)28-20(18)22-17(24)9-14-10-27-16-7-6-11(2)8-15(14)16/h6-8,10H,5,9H2,1-4H3,(H,22,24). The molecule has 0 aliphatic carbocycles. The molecule has 1 aromatic carbocycles. The molecule has 6 nitrogen and oxygen atoms in total. The largest absolute Gasteiger partial charge is 0.464 e. The van der Waals surface area contributed by atoms with Crippen molar-refractivity contribution < 1.29 is 23.5 Å². The van der Waals surface area contributed by atoms with Gasteiger partial charge in [0.2, 0.25) is 5.91 Å². The summed E-state index contributed by atoms with van der Waals surface area (Å²) in [7, 11) is 0. The molecule has 0 unspecified atom stereocenters. The summed E-state index contributed by atoms with van der Waals surface area (Å²) in [5, 5.41) is 3.98. The zero-order chi connectivity index (χ0) is 20.4. The summed E-state index contributed by atoms with van der Waals surface area (Å²) < 4.78 is 10.6. The van der Waals surface area contributed by atoms with E-state index in [1.807, 2.05) is 25.1 Å². The van der Waals surface area contributed by atoms with Crippen molar-refractivity contribution >= 4 is 45.0 Å². The van der Waals surface area contributed by atoms with Gasteiger partial charge >= 0.3 is 5.97 Å². The molecule has 0 bridgehead atoms. The molecule has 3 rings (SSSR count). The predicted octanol–water partition coefficient (Wildman–Crippen LogP) is 4.67. The monoisotopic (exact) mass is 399 g/mol. The Balaban J connectivity index is 1.88. The summed E-state index contributed by atoms with van der Waals surface area (Å²) in [6.07, 6.45) is 1.65. The first-order valence-electron chi connectivity index (χ1n) is 8.89. The van der Waals surface area contributed by atoms with Crippen molar-refractivity contribution in [2.45, 2.75) is 34.1 Å². The molecule has 0 radical (unpaired) electrons. The van der Waals surface area contributed by atoms with E-state index in [1.54, 1.807) is 20.1 Å². The minimum absolute atomic E-state index is 0.0884. The maximum atomic E-state index is 12.6. The molecule has 7 heteroatoms. The number of thiophene rings is 1. The van der Waals surface area contributed by atoms with E-state index in [0.717, 1.165) is 27.8 Å². The molecular formula is C21H21NO5S. The number of aryl methyl sites for hydroxylation is 1. The number of ketones is 1. The van der Waals surface area contributed by atoms with Crippen LogP contribution in [0.1, 0.15) is 50.6 Å². The lowest BCUT2D eigenvalue weighted by molar-refractivity contribution is -0.115. The number of rotatable bonds is 6. The Morgan fingerprint density at radius 1 is 1.21 bits per heavy atom. The van der Waals surface area contributed by atoms with E-state index in [-0.39, 0.29) is 30.3 Å². The fourth-order valence-electron chi connectivity index (χ4n) is 3.06. The number of hydrogen-bond donors (Lipinski definition) is 1. The van der Waals surface area contributed by atoms with Crippen molar-refractivity contribution in [3.63, 3.8) is 0 Å². The predicted molar refractivity (Wildman–Crippen MR) is 108 cm³/mol. The van der Waals surface area contributed by atoms with Gasteiger partial charge in [-0.25, -0.2) is 4.79 Å². The van der Waals surface area contributed by atoms with Crippen LogP contribution < -0.4 is 5.32 Å². The van der Waals surface area contributed by atoms with Crippen LogP contribution in [0.4, 0.5) is 5.00 Å². The third-order valence-corrected chi connectivity index (χ3v) is 5.67. The number of amides is 1. The van der Waals surface area contributed by atoms with Gasteiger partial charge in [-0.05, 0) is 45.4 Å². The Bertz CT molecular complexity index is 1080. The minimum Gasteiger partial charge on any atom is -0.464 e. The molecule has 1 N–H and O–H groups in total. The first-order valence-corrected chi connectivity index (χ1v) is 9.71. The summed E-state index contributed by atoms with van der Waals surface area (Å²) >= 11 is 1.09. The van der Waals surface area contributed by atoms with Crippen LogP contribution >= 0.6 is 11.3 Å². The number of benzene rings is 1. The molecule has 3 aromatic rings. The van der Waals surface area contributed by atoms with Crippen molar-refractivity contribution in [1.82, 2.24) is 0 Å². The van der Waals surface area contributed by atoms with Gasteiger partial charge < -0.3 is 14.5 Å². The summed E-state index contributed by atoms with van der Waals surface area (Å²) in [5.41, 5.74) is 3.30. The molecule has 28 heavy (non-hydrogen) atoms. The third-order valence-electron chi connectivity index (χ3n) is 4.36. The van der Waals surface area contributed by atoms with E-state index in [0.29, 0.717) is 21.0 Å². The quantitative estimate of drug-likeness (QED) is 0.481. The van der Waals surface area contributed by atoms with Crippen LogP contribution in [-0.2, 0) is 16.0 Å². The van der Waals surface area contributed by atoms with Crippen LogP contribution in [0.15, 0.2) is 28.9 Å². The lowest BCUT2D eigenvalue weighted by Crippen LogP contribution is -2.16.